The van der Waals surface area contributed by atoms with E-state index in [-0.39, 0.29) is 0 Å². The molecule has 0 unspecified atom stereocenters. The molecule has 1 saturated carbocycles. The Morgan fingerprint density at radius 3 is 2.38 bits per heavy atom. The van der Waals surface area contributed by atoms with Crippen molar-refractivity contribution in [2.45, 2.75) is 44.7 Å². The summed E-state index contributed by atoms with van der Waals surface area (Å²) < 4.78 is 24.8. The molecule has 5 heteroatoms. The van der Waals surface area contributed by atoms with Crippen molar-refractivity contribution in [3.8, 4) is 0 Å². The molecule has 1 rings (SSSR count). The summed E-state index contributed by atoms with van der Waals surface area (Å²) in [5.41, 5.74) is -1.25. The number of nitrogens with one attached hydrogen (secondary N) is 2. The largest absolute Gasteiger partial charge is 0.360 e. The van der Waals surface area contributed by atoms with E-state index in [0.717, 1.165) is 12.8 Å². The molecule has 1 fully saturated rings. The molecule has 0 aromatic heterocycles. The van der Waals surface area contributed by atoms with Gasteiger partial charge in [0.1, 0.15) is 0 Å². The lowest BCUT2D eigenvalue weighted by atomic mass is 10.1. The summed E-state index contributed by atoms with van der Waals surface area (Å²) in [6.07, 6.45) is -0.264. The molecule has 1 aliphatic rings. The Hall–Kier alpha value is -0.450. The normalized spacial score (nSPS) is 17.3. The molecule has 0 spiro atoms. The smallest absolute Gasteiger partial charge is 0.260 e. The molecule has 0 aromatic rings. The lowest BCUT2D eigenvalue weighted by molar-refractivity contribution is 0.0623. The Kier molecular flexibility index (Phi) is 3.05. The molecule has 1 aliphatic carbocycles. The van der Waals surface area contributed by atoms with Gasteiger partial charge in [0.25, 0.3) is 6.43 Å². The lowest BCUT2D eigenvalue weighted by Gasteiger charge is -2.26. The maximum absolute atomic E-state index is 12.4. The zero-order chi connectivity index (χ0) is 10.1. The Balaban J connectivity index is 2.32. The molecule has 2 N–H and O–H groups in total. The summed E-state index contributed by atoms with van der Waals surface area (Å²) in [4.78, 5) is 0. The van der Waals surface area contributed by atoms with Gasteiger partial charge in [0.05, 0.1) is 5.54 Å². The zero-order valence-corrected chi connectivity index (χ0v) is 8.55. The maximum atomic E-state index is 12.4. The van der Waals surface area contributed by atoms with Crippen molar-refractivity contribution >= 4 is 17.3 Å². The monoisotopic (exact) mass is 208 g/mol. The van der Waals surface area contributed by atoms with Crippen LogP contribution >= 0.6 is 12.2 Å². The van der Waals surface area contributed by atoms with Gasteiger partial charge in [0.15, 0.2) is 5.11 Å². The highest BCUT2D eigenvalue weighted by atomic mass is 32.1. The molecule has 0 heterocycles. The van der Waals surface area contributed by atoms with Crippen LogP contribution < -0.4 is 10.6 Å². The van der Waals surface area contributed by atoms with E-state index in [4.69, 9.17) is 12.2 Å². The molecule has 0 atom stereocenters. The fourth-order valence-corrected chi connectivity index (χ4v) is 1.23. The van der Waals surface area contributed by atoms with E-state index >= 15 is 0 Å². The Morgan fingerprint density at radius 2 is 2.00 bits per heavy atom. The topological polar surface area (TPSA) is 24.1 Å². The summed E-state index contributed by atoms with van der Waals surface area (Å²) in [7, 11) is 0. The molecule has 76 valence electrons. The van der Waals surface area contributed by atoms with Crippen LogP contribution in [0.3, 0.4) is 0 Å². The average Bonchev–Trinajstić information content (AvgIpc) is 2.69. The van der Waals surface area contributed by atoms with E-state index in [1.165, 1.54) is 13.8 Å². The molecule has 2 nitrogen and oxygen atoms in total. The van der Waals surface area contributed by atoms with E-state index in [1.54, 1.807) is 0 Å². The van der Waals surface area contributed by atoms with Crippen LogP contribution in [0.25, 0.3) is 0 Å². The number of hydrogen-bond acceptors (Lipinski definition) is 1. The van der Waals surface area contributed by atoms with Gasteiger partial charge in [-0.15, -0.1) is 0 Å². The van der Waals surface area contributed by atoms with Crippen LogP contribution in [0.1, 0.15) is 26.7 Å². The van der Waals surface area contributed by atoms with E-state index in [1.807, 2.05) is 0 Å². The number of alkyl halides is 2. The van der Waals surface area contributed by atoms with Crippen molar-refractivity contribution in [2.24, 2.45) is 0 Å². The first-order chi connectivity index (χ1) is 5.92. The van der Waals surface area contributed by atoms with Crippen molar-refractivity contribution in [1.82, 2.24) is 10.6 Å². The average molecular weight is 208 g/mol. The minimum Gasteiger partial charge on any atom is -0.360 e. The minimum absolute atomic E-state index is 0.327. The number of thiocarbonyl (C=S) groups is 1. The molecule has 0 saturated heterocycles. The van der Waals surface area contributed by atoms with Crippen molar-refractivity contribution in [3.63, 3.8) is 0 Å². The Bertz CT molecular complexity index is 202. The van der Waals surface area contributed by atoms with E-state index in [9.17, 15) is 8.78 Å². The zero-order valence-electron chi connectivity index (χ0n) is 7.73. The summed E-state index contributed by atoms with van der Waals surface area (Å²) in [5, 5.41) is 5.88. The van der Waals surface area contributed by atoms with Gasteiger partial charge in [-0.1, -0.05) is 0 Å². The van der Waals surface area contributed by atoms with Crippen molar-refractivity contribution in [3.05, 3.63) is 0 Å². The second kappa shape index (κ2) is 3.74. The van der Waals surface area contributed by atoms with Gasteiger partial charge in [0.2, 0.25) is 0 Å². The van der Waals surface area contributed by atoms with Gasteiger partial charge in [-0.3, -0.25) is 0 Å². The van der Waals surface area contributed by atoms with Crippen LogP contribution in [0.4, 0.5) is 8.78 Å². The predicted octanol–water partition coefficient (Wildman–Crippen LogP) is 1.66. The van der Waals surface area contributed by atoms with Gasteiger partial charge >= 0.3 is 0 Å². The van der Waals surface area contributed by atoms with Gasteiger partial charge in [-0.05, 0) is 38.9 Å². The highest BCUT2D eigenvalue weighted by Gasteiger charge is 2.31. The molecule has 0 aliphatic heterocycles. The summed E-state index contributed by atoms with van der Waals surface area (Å²) >= 11 is 4.88. The van der Waals surface area contributed by atoms with Crippen LogP contribution in [0.2, 0.25) is 0 Å². The van der Waals surface area contributed by atoms with Crippen LogP contribution in [0.15, 0.2) is 0 Å². The molecule has 13 heavy (non-hydrogen) atoms. The standard InChI is InChI=1S/C8H14F2N2S/c1-8(2,6(9)10)12-7(13)11-5-3-4-5/h5-6H,3-4H2,1-2H3,(H2,11,12,13). The first-order valence-corrected chi connectivity index (χ1v) is 4.69. The second-order valence-electron chi connectivity index (χ2n) is 3.90. The highest BCUT2D eigenvalue weighted by Crippen LogP contribution is 2.19. The van der Waals surface area contributed by atoms with Gasteiger partial charge in [-0.2, -0.15) is 0 Å². The predicted molar refractivity (Wildman–Crippen MR) is 52.0 cm³/mol. The van der Waals surface area contributed by atoms with Crippen molar-refractivity contribution in [2.75, 3.05) is 0 Å². The fraction of sp³-hybridized carbons (Fsp3) is 0.875. The van der Waals surface area contributed by atoms with Crippen LogP contribution in [-0.4, -0.2) is 23.1 Å². The minimum atomic E-state index is -2.42. The highest BCUT2D eigenvalue weighted by molar-refractivity contribution is 7.80. The van der Waals surface area contributed by atoms with E-state index < -0.39 is 12.0 Å². The van der Waals surface area contributed by atoms with Gasteiger partial charge in [0, 0.05) is 6.04 Å². The van der Waals surface area contributed by atoms with Crippen LogP contribution in [0, 0.1) is 0 Å². The summed E-state index contributed by atoms with van der Waals surface area (Å²) in [6, 6.07) is 0.397. The number of hydrogen-bond donors (Lipinski definition) is 2. The third-order valence-corrected chi connectivity index (χ3v) is 2.11. The van der Waals surface area contributed by atoms with Gasteiger partial charge < -0.3 is 10.6 Å². The van der Waals surface area contributed by atoms with E-state index in [2.05, 4.69) is 10.6 Å². The second-order valence-corrected chi connectivity index (χ2v) is 4.30. The first kappa shape index (κ1) is 10.6. The number of halogens is 2. The lowest BCUT2D eigenvalue weighted by Crippen LogP contribution is -2.52. The quantitative estimate of drug-likeness (QED) is 0.690. The first-order valence-electron chi connectivity index (χ1n) is 4.28. The van der Waals surface area contributed by atoms with Crippen LogP contribution in [0.5, 0.6) is 0 Å². The Morgan fingerprint density at radius 1 is 1.46 bits per heavy atom. The summed E-state index contributed by atoms with van der Waals surface area (Å²) in [5.74, 6) is 0. The number of rotatable bonds is 3. The molecule has 0 bridgehead atoms. The molecule has 0 radical (unpaired) electrons. The van der Waals surface area contributed by atoms with E-state index in [0.29, 0.717) is 11.2 Å². The third-order valence-electron chi connectivity index (χ3n) is 1.89. The summed E-state index contributed by atoms with van der Waals surface area (Å²) in [6.45, 7) is 2.86. The Labute approximate surface area is 82.1 Å². The fourth-order valence-electron chi connectivity index (χ4n) is 0.796. The SMILES string of the molecule is CC(C)(NC(=S)NC1CC1)C(F)F. The van der Waals surface area contributed by atoms with Gasteiger partial charge in [-0.25, -0.2) is 8.78 Å². The van der Waals surface area contributed by atoms with Crippen LogP contribution in [-0.2, 0) is 0 Å². The van der Waals surface area contributed by atoms with Crippen molar-refractivity contribution in [1.29, 1.82) is 0 Å². The molecular weight excluding hydrogens is 194 g/mol. The maximum Gasteiger partial charge on any atom is 0.260 e. The molecular formula is C8H14F2N2S. The van der Waals surface area contributed by atoms with Crippen molar-refractivity contribution < 1.29 is 8.78 Å². The molecule has 0 amide bonds. The molecule has 0 aromatic carbocycles. The third kappa shape index (κ3) is 3.42.